The Morgan fingerprint density at radius 2 is 0.700 bits per heavy atom. The Morgan fingerprint density at radius 3 is 0.960 bits per heavy atom. The van der Waals surface area contributed by atoms with Crippen LogP contribution < -0.4 is 4.74 Å². The molecule has 280 valence electrons. The van der Waals surface area contributed by atoms with E-state index in [1.54, 1.807) is 0 Å². The Bertz CT molecular complexity index is 1720. The number of carboxylic acid groups (broad SMARTS) is 3. The quantitative estimate of drug-likeness (QED) is 0.116. The number of aliphatic hydroxyl groups is 1. The van der Waals surface area contributed by atoms with Crippen LogP contribution in [-0.2, 0) is 37.1 Å². The monoisotopic (exact) mass is 804 g/mol. The smallest absolute Gasteiger partial charge is 0.420 e. The minimum Gasteiger partial charge on any atom is -0.478 e. The SMILES string of the molecule is O=C(O)c1c(OCO)c(C(F)(F)F)c(C(F)(F)F)c(SSc2c(C(F)(F)F)c(C(=O)O)c(C(=O)O)c(C(F)(F)F)c2C(F)(F)F)c1C(F)(F)F. The molecule has 2 aromatic rings. The van der Waals surface area contributed by atoms with Gasteiger partial charge in [-0.3, -0.25) is 0 Å². The van der Waals surface area contributed by atoms with Crippen LogP contribution >= 0.6 is 21.6 Å². The normalized spacial score (nSPS) is 13.4. The summed E-state index contributed by atoms with van der Waals surface area (Å²) >= 11 is 0. The third kappa shape index (κ3) is 8.16. The number of benzene rings is 2. The van der Waals surface area contributed by atoms with Crippen LogP contribution in [0.2, 0.25) is 0 Å². The van der Waals surface area contributed by atoms with Crippen molar-refractivity contribution < 1.29 is 119 Å². The van der Waals surface area contributed by atoms with Crippen LogP contribution in [0.15, 0.2) is 9.79 Å². The van der Waals surface area contributed by atoms with Gasteiger partial charge in [-0.15, -0.1) is 0 Å². The summed E-state index contributed by atoms with van der Waals surface area (Å²) < 4.78 is 257. The Morgan fingerprint density at radius 1 is 0.440 bits per heavy atom. The first-order chi connectivity index (χ1) is 22.1. The van der Waals surface area contributed by atoms with Gasteiger partial charge in [0.25, 0.3) is 0 Å². The number of hydrogen-bond donors (Lipinski definition) is 4. The summed E-state index contributed by atoms with van der Waals surface area (Å²) in [6.07, 6.45) is -40.9. The number of alkyl halides is 18. The van der Waals surface area contributed by atoms with Crippen molar-refractivity contribution in [3.8, 4) is 5.75 Å². The van der Waals surface area contributed by atoms with Crippen LogP contribution in [0.1, 0.15) is 64.5 Å². The lowest BCUT2D eigenvalue weighted by Crippen LogP contribution is -2.29. The summed E-state index contributed by atoms with van der Waals surface area (Å²) in [6.45, 7) is -2.29. The molecule has 0 aliphatic carbocycles. The van der Waals surface area contributed by atoms with Crippen LogP contribution in [0.25, 0.3) is 0 Å². The lowest BCUT2D eigenvalue weighted by Gasteiger charge is -2.28. The van der Waals surface area contributed by atoms with Crippen LogP contribution in [0.3, 0.4) is 0 Å². The summed E-state index contributed by atoms with van der Waals surface area (Å²) in [5.41, 5.74) is -31.5. The summed E-state index contributed by atoms with van der Waals surface area (Å²) in [5, 5.41) is 36.4. The highest BCUT2D eigenvalue weighted by molar-refractivity contribution is 8.76. The van der Waals surface area contributed by atoms with Gasteiger partial charge in [-0.05, 0) is 0 Å². The third-order valence-corrected chi connectivity index (χ3v) is 8.11. The van der Waals surface area contributed by atoms with E-state index in [0.29, 0.717) is 0 Å². The van der Waals surface area contributed by atoms with Gasteiger partial charge in [-0.2, -0.15) is 79.0 Å². The van der Waals surface area contributed by atoms with Gasteiger partial charge in [0, 0.05) is 9.79 Å². The number of halogens is 18. The second kappa shape index (κ2) is 13.3. The van der Waals surface area contributed by atoms with Crippen molar-refractivity contribution in [3.05, 3.63) is 50.1 Å². The lowest BCUT2D eigenvalue weighted by molar-refractivity contribution is -0.167. The first-order valence-electron chi connectivity index (χ1n) is 11.3. The van der Waals surface area contributed by atoms with Gasteiger partial charge >= 0.3 is 55.0 Å². The first kappa shape index (κ1) is 42.2. The highest BCUT2D eigenvalue weighted by atomic mass is 33.1. The molecular weight excluding hydrogens is 798 g/mol. The molecule has 0 saturated heterocycles. The van der Waals surface area contributed by atoms with Gasteiger partial charge in [0.1, 0.15) is 11.1 Å². The molecule has 0 aromatic heterocycles. The zero-order valence-corrected chi connectivity index (χ0v) is 23.9. The van der Waals surface area contributed by atoms with E-state index in [1.165, 1.54) is 0 Å². The van der Waals surface area contributed by atoms with Crippen LogP contribution in [-0.4, -0.2) is 45.1 Å². The highest BCUT2D eigenvalue weighted by Gasteiger charge is 2.57. The summed E-state index contributed by atoms with van der Waals surface area (Å²) in [7, 11) is -3.88. The Kier molecular flexibility index (Phi) is 11.2. The molecular formula is C22H6F18O8S2. The molecule has 0 amide bonds. The van der Waals surface area contributed by atoms with Gasteiger partial charge in [-0.25, -0.2) is 14.4 Å². The van der Waals surface area contributed by atoms with Gasteiger partial charge in [0.05, 0.1) is 38.9 Å². The summed E-state index contributed by atoms with van der Waals surface area (Å²) in [5.74, 6) is -13.1. The number of carbonyl (C=O) groups is 3. The standard InChI is InChI=1S/C22H6F18O8S2/c23-17(24,25)5-2(14(42)43)3(15(44)45)6(18(26,27)28)12(9(5)21(35,36)37)49-50-13-7(19(29,30)31)4(16(46)47)11(48-1-41)8(20(32,33)34)10(13)22(38,39)40/h41H,1H2,(H,42,43)(H,44,45)(H,46,47). The van der Waals surface area contributed by atoms with E-state index in [9.17, 15) is 104 Å². The lowest BCUT2D eigenvalue weighted by atomic mass is 9.89. The fourth-order valence-electron chi connectivity index (χ4n) is 4.16. The molecule has 0 spiro atoms. The zero-order valence-electron chi connectivity index (χ0n) is 22.2. The number of carboxylic acids is 3. The van der Waals surface area contributed by atoms with Crippen molar-refractivity contribution in [2.75, 3.05) is 6.79 Å². The molecule has 4 N–H and O–H groups in total. The first-order valence-corrected chi connectivity index (χ1v) is 13.5. The third-order valence-electron chi connectivity index (χ3n) is 5.62. The van der Waals surface area contributed by atoms with Gasteiger partial charge < -0.3 is 25.2 Å². The second-order valence-electron chi connectivity index (χ2n) is 8.70. The molecule has 28 heteroatoms. The van der Waals surface area contributed by atoms with Crippen molar-refractivity contribution >= 4 is 39.5 Å². The Hall–Kier alpha value is -3.95. The molecule has 0 unspecified atom stereocenters. The summed E-state index contributed by atoms with van der Waals surface area (Å²) in [4.78, 5) is 28.3. The topological polar surface area (TPSA) is 141 Å². The number of hydrogen-bond acceptors (Lipinski definition) is 7. The van der Waals surface area contributed by atoms with Crippen molar-refractivity contribution in [3.63, 3.8) is 0 Å². The molecule has 0 bridgehead atoms. The minimum absolute atomic E-state index is 1.93. The molecule has 0 radical (unpaired) electrons. The predicted octanol–water partition coefficient (Wildman–Crippen LogP) is 9.02. The van der Waals surface area contributed by atoms with E-state index in [0.717, 1.165) is 0 Å². The molecule has 2 rings (SSSR count). The van der Waals surface area contributed by atoms with Crippen LogP contribution in [0, 0.1) is 0 Å². The largest absolute Gasteiger partial charge is 0.478 e. The molecule has 2 aromatic carbocycles. The van der Waals surface area contributed by atoms with Gasteiger partial charge in [0.2, 0.25) is 0 Å². The van der Waals surface area contributed by atoms with E-state index in [2.05, 4.69) is 4.74 Å². The zero-order chi connectivity index (χ0) is 39.5. The number of ether oxygens (including phenoxy) is 1. The molecule has 0 saturated carbocycles. The predicted molar refractivity (Wildman–Crippen MR) is 123 cm³/mol. The van der Waals surface area contributed by atoms with E-state index >= 15 is 0 Å². The Labute approximate surface area is 268 Å². The molecule has 0 atom stereocenters. The fourth-order valence-corrected chi connectivity index (χ4v) is 7.03. The second-order valence-corrected chi connectivity index (χ2v) is 10.9. The number of aliphatic hydroxyl groups excluding tert-OH is 1. The van der Waals surface area contributed by atoms with Crippen molar-refractivity contribution in [1.29, 1.82) is 0 Å². The molecule has 0 heterocycles. The molecule has 0 fully saturated rings. The average Bonchev–Trinajstić information content (AvgIpc) is 2.86. The van der Waals surface area contributed by atoms with Crippen LogP contribution in [0.4, 0.5) is 79.0 Å². The molecule has 0 aliphatic rings. The molecule has 50 heavy (non-hydrogen) atoms. The van der Waals surface area contributed by atoms with E-state index in [1.807, 2.05) is 0 Å². The number of rotatable bonds is 8. The van der Waals surface area contributed by atoms with Gasteiger partial charge in [-0.1, -0.05) is 21.6 Å². The van der Waals surface area contributed by atoms with Gasteiger partial charge in [0.15, 0.2) is 12.5 Å². The van der Waals surface area contributed by atoms with E-state index in [-0.39, 0.29) is 0 Å². The maximum atomic E-state index is 14.2. The maximum Gasteiger partial charge on any atom is 0.420 e. The Balaban J connectivity index is 3.52. The average molecular weight is 804 g/mol. The number of aromatic carboxylic acids is 3. The van der Waals surface area contributed by atoms with Crippen molar-refractivity contribution in [1.82, 2.24) is 0 Å². The van der Waals surface area contributed by atoms with Crippen molar-refractivity contribution in [2.24, 2.45) is 0 Å². The fraction of sp³-hybridized carbons (Fsp3) is 0.318. The van der Waals surface area contributed by atoms with Crippen LogP contribution in [0.5, 0.6) is 5.75 Å². The van der Waals surface area contributed by atoms with E-state index in [4.69, 9.17) is 10.2 Å². The maximum absolute atomic E-state index is 14.2. The molecule has 8 nitrogen and oxygen atoms in total. The highest BCUT2D eigenvalue weighted by Crippen LogP contribution is 2.60. The molecule has 0 aliphatic heterocycles. The van der Waals surface area contributed by atoms with Crippen molar-refractivity contribution in [2.45, 2.75) is 46.8 Å². The minimum atomic E-state index is -6.96. The van der Waals surface area contributed by atoms with E-state index < -0.39 is 149 Å². The summed E-state index contributed by atoms with van der Waals surface area (Å²) in [6, 6.07) is 0.